The Morgan fingerprint density at radius 2 is 1.94 bits per heavy atom. The second kappa shape index (κ2) is 8.55. The van der Waals surface area contributed by atoms with Gasteiger partial charge in [0, 0.05) is 11.1 Å². The van der Waals surface area contributed by atoms with Crippen LogP contribution in [0.15, 0.2) is 42.5 Å². The van der Waals surface area contributed by atoms with E-state index in [9.17, 15) is 28.3 Å². The topological polar surface area (TPSA) is 110 Å². The molecule has 0 saturated heterocycles. The molecule has 170 valence electrons. The van der Waals surface area contributed by atoms with Crippen molar-refractivity contribution in [2.75, 3.05) is 6.61 Å². The van der Waals surface area contributed by atoms with Gasteiger partial charge in [-0.2, -0.15) is 18.4 Å². The van der Waals surface area contributed by atoms with Crippen LogP contribution < -0.4 is 4.74 Å². The lowest BCUT2D eigenvalue weighted by Gasteiger charge is -2.23. The highest BCUT2D eigenvalue weighted by Gasteiger charge is 2.43. The fraction of sp³-hybridized carbons (Fsp3) is 0.273. The zero-order chi connectivity index (χ0) is 23.8. The zero-order valence-electron chi connectivity index (χ0n) is 17.2. The van der Waals surface area contributed by atoms with E-state index in [-0.39, 0.29) is 29.4 Å². The third kappa shape index (κ3) is 4.01. The molecule has 0 unspecified atom stereocenters. The van der Waals surface area contributed by atoms with Gasteiger partial charge in [-0.1, -0.05) is 30.3 Å². The molecule has 0 radical (unpaired) electrons. The highest BCUT2D eigenvalue weighted by atomic mass is 19.4. The number of rotatable bonds is 5. The Balaban J connectivity index is 2.00. The Morgan fingerprint density at radius 3 is 2.61 bits per heavy atom. The maximum Gasteiger partial charge on any atom is 0.452 e. The first-order chi connectivity index (χ1) is 15.8. The minimum atomic E-state index is -4.85. The summed E-state index contributed by atoms with van der Waals surface area (Å²) in [6.07, 6.45) is -7.94. The number of alkyl halides is 3. The molecule has 0 bridgehead atoms. The SMILES string of the molecule is CCOc1cccc([C@H]2O[C@H](CC(=O)O)c3nnc(C(F)(F)F)n3-c3ccccc32)c1C#N. The summed E-state index contributed by atoms with van der Waals surface area (Å²) in [4.78, 5) is 11.5. The standard InChI is InChI=1S/C22H17F3N4O4/c1-2-32-16-9-5-7-12(14(16)11-26)19-13-6-3-4-8-15(13)29-20(17(33-19)10-18(30)31)27-28-21(29)22(23,24)25/h3-9,17,19H,2,10H2,1H3,(H,30,31)/t17-,19-/m1/s1. The maximum atomic E-state index is 13.8. The van der Waals surface area contributed by atoms with Crippen molar-refractivity contribution in [1.82, 2.24) is 14.8 Å². The molecule has 1 aromatic heterocycles. The number of fused-ring (bicyclic) bond motifs is 3. The van der Waals surface area contributed by atoms with Crippen molar-refractivity contribution in [1.29, 1.82) is 5.26 Å². The molecule has 0 saturated carbocycles. The third-order valence-corrected chi connectivity index (χ3v) is 5.10. The minimum absolute atomic E-state index is 0.0772. The summed E-state index contributed by atoms with van der Waals surface area (Å²) in [5.41, 5.74) is 0.844. The lowest BCUT2D eigenvalue weighted by Crippen LogP contribution is -2.17. The van der Waals surface area contributed by atoms with E-state index < -0.39 is 36.6 Å². The van der Waals surface area contributed by atoms with E-state index in [2.05, 4.69) is 16.3 Å². The summed E-state index contributed by atoms with van der Waals surface area (Å²) in [6, 6.07) is 13.0. The van der Waals surface area contributed by atoms with Crippen LogP contribution in [0.4, 0.5) is 13.2 Å². The van der Waals surface area contributed by atoms with Crippen molar-refractivity contribution < 1.29 is 32.5 Å². The zero-order valence-corrected chi connectivity index (χ0v) is 17.2. The number of hydrogen-bond acceptors (Lipinski definition) is 6. The van der Waals surface area contributed by atoms with Gasteiger partial charge < -0.3 is 14.6 Å². The molecule has 0 amide bonds. The molecule has 2 atom stereocenters. The van der Waals surface area contributed by atoms with Gasteiger partial charge in [0.25, 0.3) is 0 Å². The number of halogens is 3. The quantitative estimate of drug-likeness (QED) is 0.610. The summed E-state index contributed by atoms with van der Waals surface area (Å²) in [6.45, 7) is 2.04. The van der Waals surface area contributed by atoms with Crippen LogP contribution in [0.5, 0.6) is 5.75 Å². The van der Waals surface area contributed by atoms with Crippen molar-refractivity contribution in [3.63, 3.8) is 0 Å². The van der Waals surface area contributed by atoms with Crippen LogP contribution in [0, 0.1) is 11.3 Å². The Bertz CT molecular complexity index is 1250. The Kier molecular flexibility index (Phi) is 5.78. The van der Waals surface area contributed by atoms with Gasteiger partial charge in [-0.15, -0.1) is 10.2 Å². The largest absolute Gasteiger partial charge is 0.492 e. The van der Waals surface area contributed by atoms with Crippen LogP contribution in [0.1, 0.15) is 53.9 Å². The third-order valence-electron chi connectivity index (χ3n) is 5.10. The number of nitrogens with zero attached hydrogens (tertiary/aromatic N) is 4. The number of aliphatic carboxylic acids is 1. The highest BCUT2D eigenvalue weighted by Crippen LogP contribution is 2.44. The fourth-order valence-corrected chi connectivity index (χ4v) is 3.84. The van der Waals surface area contributed by atoms with Crippen molar-refractivity contribution in [3.8, 4) is 17.5 Å². The average Bonchev–Trinajstić information content (AvgIpc) is 3.17. The van der Waals surface area contributed by atoms with Gasteiger partial charge in [-0.25, -0.2) is 0 Å². The van der Waals surface area contributed by atoms with E-state index in [1.54, 1.807) is 43.3 Å². The highest BCUT2D eigenvalue weighted by molar-refractivity contribution is 5.68. The molecule has 3 aromatic rings. The van der Waals surface area contributed by atoms with Gasteiger partial charge >= 0.3 is 12.1 Å². The molecular weight excluding hydrogens is 441 g/mol. The number of aromatic nitrogens is 3. The first-order valence-electron chi connectivity index (χ1n) is 9.91. The average molecular weight is 458 g/mol. The number of benzene rings is 2. The van der Waals surface area contributed by atoms with Gasteiger partial charge in [0.15, 0.2) is 5.82 Å². The number of carboxylic acid groups (broad SMARTS) is 1. The van der Waals surface area contributed by atoms with Gasteiger partial charge in [-0.3, -0.25) is 9.36 Å². The lowest BCUT2D eigenvalue weighted by molar-refractivity contribution is -0.146. The molecule has 1 N–H and O–H groups in total. The fourth-order valence-electron chi connectivity index (χ4n) is 3.84. The van der Waals surface area contributed by atoms with Crippen molar-refractivity contribution in [2.24, 2.45) is 0 Å². The molecular formula is C22H17F3N4O4. The summed E-state index contributed by atoms with van der Waals surface area (Å²) in [5.74, 6) is -2.60. The summed E-state index contributed by atoms with van der Waals surface area (Å²) in [7, 11) is 0. The van der Waals surface area contributed by atoms with Crippen LogP contribution in [-0.2, 0) is 15.7 Å². The Hall–Kier alpha value is -3.91. The van der Waals surface area contributed by atoms with E-state index in [0.29, 0.717) is 11.1 Å². The number of ether oxygens (including phenoxy) is 2. The molecule has 4 rings (SSSR count). The van der Waals surface area contributed by atoms with Crippen LogP contribution in [-0.4, -0.2) is 32.4 Å². The van der Waals surface area contributed by atoms with Gasteiger partial charge in [0.05, 0.1) is 18.7 Å². The molecule has 8 nitrogen and oxygen atoms in total. The summed E-state index contributed by atoms with van der Waals surface area (Å²) >= 11 is 0. The molecule has 1 aliphatic rings. The number of carbonyl (C=O) groups is 1. The molecule has 2 aromatic carbocycles. The predicted octanol–water partition coefficient (Wildman–Crippen LogP) is 4.19. The van der Waals surface area contributed by atoms with E-state index >= 15 is 0 Å². The van der Waals surface area contributed by atoms with Gasteiger partial charge in [0.2, 0.25) is 5.82 Å². The van der Waals surface area contributed by atoms with E-state index in [0.717, 1.165) is 4.57 Å². The number of hydrogen-bond donors (Lipinski definition) is 1. The molecule has 0 fully saturated rings. The minimum Gasteiger partial charge on any atom is -0.492 e. The van der Waals surface area contributed by atoms with Crippen LogP contribution in [0.2, 0.25) is 0 Å². The Morgan fingerprint density at radius 1 is 1.21 bits per heavy atom. The van der Waals surface area contributed by atoms with Crippen molar-refractivity contribution in [2.45, 2.75) is 31.7 Å². The normalized spacial score (nSPS) is 17.4. The smallest absolute Gasteiger partial charge is 0.452 e. The molecule has 33 heavy (non-hydrogen) atoms. The first-order valence-corrected chi connectivity index (χ1v) is 9.91. The molecule has 2 heterocycles. The van der Waals surface area contributed by atoms with E-state index in [1.807, 2.05) is 0 Å². The van der Waals surface area contributed by atoms with E-state index in [1.165, 1.54) is 6.07 Å². The van der Waals surface area contributed by atoms with Crippen LogP contribution >= 0.6 is 0 Å². The number of para-hydroxylation sites is 1. The Labute approximate surface area is 185 Å². The summed E-state index contributed by atoms with van der Waals surface area (Å²) in [5, 5.41) is 26.1. The molecule has 0 aliphatic carbocycles. The molecule has 0 spiro atoms. The van der Waals surface area contributed by atoms with Crippen molar-refractivity contribution >= 4 is 5.97 Å². The molecule has 11 heteroatoms. The second-order valence-electron chi connectivity index (χ2n) is 7.14. The maximum absolute atomic E-state index is 13.8. The first kappa shape index (κ1) is 22.3. The van der Waals surface area contributed by atoms with Crippen LogP contribution in [0.25, 0.3) is 5.69 Å². The second-order valence-corrected chi connectivity index (χ2v) is 7.14. The summed E-state index contributed by atoms with van der Waals surface area (Å²) < 4.78 is 53.7. The number of nitriles is 1. The van der Waals surface area contributed by atoms with Gasteiger partial charge in [-0.05, 0) is 19.1 Å². The monoisotopic (exact) mass is 458 g/mol. The lowest BCUT2D eigenvalue weighted by atomic mass is 9.95. The van der Waals surface area contributed by atoms with Crippen LogP contribution in [0.3, 0.4) is 0 Å². The number of carboxylic acids is 1. The van der Waals surface area contributed by atoms with Gasteiger partial charge in [0.1, 0.15) is 29.6 Å². The van der Waals surface area contributed by atoms with Crippen molar-refractivity contribution in [3.05, 3.63) is 70.8 Å². The molecule has 1 aliphatic heterocycles. The van der Waals surface area contributed by atoms with E-state index in [4.69, 9.17) is 9.47 Å². The predicted molar refractivity (Wildman–Crippen MR) is 107 cm³/mol.